The van der Waals surface area contributed by atoms with Gasteiger partial charge in [-0.2, -0.15) is 0 Å². The first kappa shape index (κ1) is 17.3. The summed E-state index contributed by atoms with van der Waals surface area (Å²) in [6, 6.07) is 13.2. The number of pyridine rings is 2. The van der Waals surface area contributed by atoms with Gasteiger partial charge in [0.05, 0.1) is 22.2 Å². The molecular weight excluding hydrogens is 342 g/mol. The molecule has 28 heavy (non-hydrogen) atoms. The fourth-order valence-electron chi connectivity index (χ4n) is 4.58. The van der Waals surface area contributed by atoms with E-state index in [0.717, 1.165) is 23.7 Å². The topological polar surface area (TPSA) is 29.3 Å². The molecule has 1 fully saturated rings. The Balaban J connectivity index is 1.86. The first-order chi connectivity index (χ1) is 13.5. The standard InChI is InChI=1S/C25H27N3/c1-15-11-16(2)22(17(3)12-15)23-21-7-5-6-10-28(21)25-20(26-14-19-8-9-19)13-18(4)27-24(23)25/h5-7,10-13,19H,8-9,14H2,1-4H3,(H,26,27). The maximum absolute atomic E-state index is 5.04. The van der Waals surface area contributed by atoms with Crippen molar-refractivity contribution in [3.05, 3.63) is 65.0 Å². The first-order valence-corrected chi connectivity index (χ1v) is 10.3. The van der Waals surface area contributed by atoms with Crippen LogP contribution in [0, 0.1) is 33.6 Å². The van der Waals surface area contributed by atoms with Crippen LogP contribution in [0.25, 0.3) is 27.7 Å². The van der Waals surface area contributed by atoms with E-state index in [4.69, 9.17) is 4.98 Å². The summed E-state index contributed by atoms with van der Waals surface area (Å²) in [6.07, 6.45) is 4.86. The third-order valence-corrected chi connectivity index (χ3v) is 5.92. The molecule has 1 N–H and O–H groups in total. The van der Waals surface area contributed by atoms with Gasteiger partial charge in [0.15, 0.2) is 0 Å². The zero-order valence-electron chi connectivity index (χ0n) is 17.1. The molecule has 1 aliphatic carbocycles. The molecule has 0 aliphatic heterocycles. The van der Waals surface area contributed by atoms with Gasteiger partial charge in [-0.3, -0.25) is 4.98 Å². The second kappa shape index (κ2) is 6.37. The quantitative estimate of drug-likeness (QED) is 0.463. The van der Waals surface area contributed by atoms with Gasteiger partial charge in [-0.1, -0.05) is 23.8 Å². The van der Waals surface area contributed by atoms with Crippen molar-refractivity contribution in [3.63, 3.8) is 0 Å². The van der Waals surface area contributed by atoms with Crippen LogP contribution in [0.5, 0.6) is 0 Å². The highest BCUT2D eigenvalue weighted by Gasteiger charge is 2.23. The summed E-state index contributed by atoms with van der Waals surface area (Å²) >= 11 is 0. The maximum Gasteiger partial charge on any atom is 0.0994 e. The molecule has 3 heteroatoms. The van der Waals surface area contributed by atoms with E-state index < -0.39 is 0 Å². The van der Waals surface area contributed by atoms with E-state index >= 15 is 0 Å². The van der Waals surface area contributed by atoms with Crippen molar-refractivity contribution in [1.82, 2.24) is 9.38 Å². The number of fused-ring (bicyclic) bond motifs is 3. The van der Waals surface area contributed by atoms with Gasteiger partial charge in [0.1, 0.15) is 0 Å². The molecule has 1 aromatic carbocycles. The molecule has 0 radical (unpaired) electrons. The molecule has 3 nitrogen and oxygen atoms in total. The minimum atomic E-state index is 0.829. The Morgan fingerprint density at radius 2 is 1.75 bits per heavy atom. The van der Waals surface area contributed by atoms with E-state index in [1.54, 1.807) is 0 Å². The second-order valence-corrected chi connectivity index (χ2v) is 8.44. The van der Waals surface area contributed by atoms with Crippen molar-refractivity contribution in [3.8, 4) is 11.1 Å². The van der Waals surface area contributed by atoms with Crippen LogP contribution in [0.3, 0.4) is 0 Å². The van der Waals surface area contributed by atoms with Crippen molar-refractivity contribution < 1.29 is 0 Å². The van der Waals surface area contributed by atoms with Gasteiger partial charge in [-0.05, 0) is 81.3 Å². The summed E-state index contributed by atoms with van der Waals surface area (Å²) in [5.74, 6) is 0.829. The van der Waals surface area contributed by atoms with Gasteiger partial charge < -0.3 is 9.72 Å². The number of benzene rings is 1. The smallest absolute Gasteiger partial charge is 0.0994 e. The Morgan fingerprint density at radius 1 is 1.00 bits per heavy atom. The summed E-state index contributed by atoms with van der Waals surface area (Å²) in [7, 11) is 0. The molecular formula is C25H27N3. The van der Waals surface area contributed by atoms with Crippen LogP contribution < -0.4 is 5.32 Å². The lowest BCUT2D eigenvalue weighted by Gasteiger charge is -2.12. The molecule has 4 aromatic rings. The summed E-state index contributed by atoms with van der Waals surface area (Å²) in [5.41, 5.74) is 12.3. The summed E-state index contributed by atoms with van der Waals surface area (Å²) < 4.78 is 2.31. The van der Waals surface area contributed by atoms with Crippen LogP contribution >= 0.6 is 0 Å². The predicted molar refractivity (Wildman–Crippen MR) is 118 cm³/mol. The van der Waals surface area contributed by atoms with Crippen LogP contribution in [0.2, 0.25) is 0 Å². The molecule has 3 heterocycles. The van der Waals surface area contributed by atoms with Gasteiger partial charge in [0, 0.05) is 24.0 Å². The average Bonchev–Trinajstić information content (AvgIpc) is 3.42. The predicted octanol–water partition coefficient (Wildman–Crippen LogP) is 6.21. The van der Waals surface area contributed by atoms with E-state index in [1.165, 1.54) is 57.4 Å². The van der Waals surface area contributed by atoms with Gasteiger partial charge in [0.2, 0.25) is 0 Å². The molecule has 3 aromatic heterocycles. The Labute approximate surface area is 166 Å². The van der Waals surface area contributed by atoms with Crippen LogP contribution in [-0.2, 0) is 0 Å². The molecule has 5 rings (SSSR count). The van der Waals surface area contributed by atoms with Crippen LogP contribution in [-0.4, -0.2) is 15.9 Å². The van der Waals surface area contributed by atoms with Gasteiger partial charge in [-0.15, -0.1) is 0 Å². The number of nitrogens with one attached hydrogen (secondary N) is 1. The number of anilines is 1. The van der Waals surface area contributed by atoms with Crippen molar-refractivity contribution in [2.45, 2.75) is 40.5 Å². The van der Waals surface area contributed by atoms with Crippen LogP contribution in [0.15, 0.2) is 42.6 Å². The monoisotopic (exact) mass is 369 g/mol. The normalized spacial score (nSPS) is 14.1. The van der Waals surface area contributed by atoms with E-state index in [2.05, 4.69) is 80.0 Å². The maximum atomic E-state index is 5.04. The Hall–Kier alpha value is -2.81. The number of hydrogen-bond donors (Lipinski definition) is 1. The molecule has 1 saturated carbocycles. The fourth-order valence-corrected chi connectivity index (χ4v) is 4.58. The number of rotatable bonds is 4. The SMILES string of the molecule is Cc1cc(C)c(-c2c3nc(C)cc(NCC4CC4)c3n3ccccc23)c(C)c1. The van der Waals surface area contributed by atoms with E-state index in [1.807, 2.05) is 0 Å². The zero-order valence-corrected chi connectivity index (χ0v) is 17.1. The largest absolute Gasteiger partial charge is 0.383 e. The minimum absolute atomic E-state index is 0.829. The molecule has 0 spiro atoms. The van der Waals surface area contributed by atoms with Gasteiger partial charge in [-0.25, -0.2) is 0 Å². The van der Waals surface area contributed by atoms with Gasteiger partial charge in [0.25, 0.3) is 0 Å². The van der Waals surface area contributed by atoms with Gasteiger partial charge >= 0.3 is 0 Å². The highest BCUT2D eigenvalue weighted by atomic mass is 15.0. The van der Waals surface area contributed by atoms with Crippen molar-refractivity contribution in [2.24, 2.45) is 5.92 Å². The number of nitrogens with zero attached hydrogens (tertiary/aromatic N) is 2. The van der Waals surface area contributed by atoms with E-state index in [9.17, 15) is 0 Å². The van der Waals surface area contributed by atoms with Crippen molar-refractivity contribution >= 4 is 22.2 Å². The lowest BCUT2D eigenvalue weighted by Crippen LogP contribution is -2.05. The Morgan fingerprint density at radius 3 is 2.46 bits per heavy atom. The van der Waals surface area contributed by atoms with Crippen molar-refractivity contribution in [2.75, 3.05) is 11.9 Å². The zero-order chi connectivity index (χ0) is 19.4. The van der Waals surface area contributed by atoms with Crippen molar-refractivity contribution in [1.29, 1.82) is 0 Å². The highest BCUT2D eigenvalue weighted by molar-refractivity contribution is 6.08. The highest BCUT2D eigenvalue weighted by Crippen LogP contribution is 2.41. The van der Waals surface area contributed by atoms with E-state index in [-0.39, 0.29) is 0 Å². The Kier molecular flexibility index (Phi) is 3.94. The number of aryl methyl sites for hydroxylation is 4. The molecule has 0 bridgehead atoms. The molecule has 142 valence electrons. The third-order valence-electron chi connectivity index (χ3n) is 5.92. The summed E-state index contributed by atoms with van der Waals surface area (Å²) in [6.45, 7) is 9.76. The minimum Gasteiger partial charge on any atom is -0.383 e. The molecule has 0 unspecified atom stereocenters. The molecule has 0 amide bonds. The van der Waals surface area contributed by atoms with Crippen LogP contribution in [0.4, 0.5) is 5.69 Å². The molecule has 0 atom stereocenters. The number of hydrogen-bond acceptors (Lipinski definition) is 2. The molecule has 0 saturated heterocycles. The lowest BCUT2D eigenvalue weighted by molar-refractivity contribution is 0.889. The first-order valence-electron chi connectivity index (χ1n) is 10.3. The average molecular weight is 370 g/mol. The Bertz CT molecular complexity index is 1190. The summed E-state index contributed by atoms with van der Waals surface area (Å²) in [5, 5.41) is 3.72. The number of aromatic nitrogens is 2. The molecule has 1 aliphatic rings. The van der Waals surface area contributed by atoms with E-state index in [0.29, 0.717) is 0 Å². The fraction of sp³-hybridized carbons (Fsp3) is 0.320. The summed E-state index contributed by atoms with van der Waals surface area (Å²) in [4.78, 5) is 5.04. The second-order valence-electron chi connectivity index (χ2n) is 8.44. The third kappa shape index (κ3) is 2.77. The lowest BCUT2D eigenvalue weighted by atomic mass is 9.93. The van der Waals surface area contributed by atoms with Crippen LogP contribution in [0.1, 0.15) is 35.2 Å².